The summed E-state index contributed by atoms with van der Waals surface area (Å²) < 4.78 is 15.6. The number of nitrogens with zero attached hydrogens (tertiary/aromatic N) is 6. The number of aromatic amines is 1. The van der Waals surface area contributed by atoms with E-state index in [1.54, 1.807) is 29.1 Å². The number of benzene rings is 1. The molecule has 0 spiro atoms. The van der Waals surface area contributed by atoms with E-state index >= 15 is 0 Å². The lowest BCUT2D eigenvalue weighted by atomic mass is 10.2. The topological polar surface area (TPSA) is 85.2 Å². The third kappa shape index (κ3) is 2.66. The first-order valence-electron chi connectivity index (χ1n) is 6.74. The minimum atomic E-state index is -0.250. The summed E-state index contributed by atoms with van der Waals surface area (Å²) in [6.07, 6.45) is 4.52. The standard InChI is InChI=1S/C14H10FN7S/c15-10-4-2-1-3-9(10)5-22-8-19-11-12(22)16-6-17-13(11)23-14-18-7-20-21-14/h1-4,6-8H,5H2,(H,18,20,21). The van der Waals surface area contributed by atoms with Gasteiger partial charge in [0.25, 0.3) is 0 Å². The van der Waals surface area contributed by atoms with E-state index in [-0.39, 0.29) is 5.82 Å². The molecule has 0 radical (unpaired) electrons. The summed E-state index contributed by atoms with van der Waals surface area (Å²) >= 11 is 1.32. The maximum Gasteiger partial charge on any atom is 0.189 e. The molecule has 1 aromatic carbocycles. The second-order valence-corrected chi connectivity index (χ2v) is 5.69. The van der Waals surface area contributed by atoms with E-state index < -0.39 is 0 Å². The highest BCUT2D eigenvalue weighted by Gasteiger charge is 2.13. The number of nitrogens with one attached hydrogen (secondary N) is 1. The van der Waals surface area contributed by atoms with Gasteiger partial charge in [-0.2, -0.15) is 5.10 Å². The Bertz CT molecular complexity index is 951. The van der Waals surface area contributed by atoms with Gasteiger partial charge in [0.1, 0.15) is 29.0 Å². The van der Waals surface area contributed by atoms with Gasteiger partial charge in [0.2, 0.25) is 0 Å². The molecule has 0 aliphatic carbocycles. The second-order valence-electron chi connectivity index (χ2n) is 4.71. The summed E-state index contributed by atoms with van der Waals surface area (Å²) in [4.78, 5) is 16.9. The summed E-state index contributed by atoms with van der Waals surface area (Å²) in [7, 11) is 0. The molecule has 0 atom stereocenters. The van der Waals surface area contributed by atoms with Crippen LogP contribution in [0.15, 0.2) is 53.4 Å². The van der Waals surface area contributed by atoms with Gasteiger partial charge >= 0.3 is 0 Å². The highest BCUT2D eigenvalue weighted by Crippen LogP contribution is 2.27. The number of hydrogen-bond acceptors (Lipinski definition) is 6. The summed E-state index contributed by atoms with van der Waals surface area (Å²) in [6.45, 7) is 0.354. The molecule has 0 saturated carbocycles. The zero-order valence-electron chi connectivity index (χ0n) is 11.7. The van der Waals surface area contributed by atoms with Crippen LogP contribution in [-0.4, -0.2) is 34.7 Å². The van der Waals surface area contributed by atoms with Crippen LogP contribution in [0.1, 0.15) is 5.56 Å². The zero-order valence-corrected chi connectivity index (χ0v) is 12.5. The van der Waals surface area contributed by atoms with Crippen LogP contribution in [0, 0.1) is 5.82 Å². The SMILES string of the molecule is Fc1ccccc1Cn1cnc2c(Sc3ncn[nH]3)ncnc21. The first-order chi connectivity index (χ1) is 11.3. The van der Waals surface area contributed by atoms with Crippen molar-refractivity contribution in [1.82, 2.24) is 34.7 Å². The van der Waals surface area contributed by atoms with Gasteiger partial charge in [-0.25, -0.2) is 24.3 Å². The van der Waals surface area contributed by atoms with Crippen LogP contribution in [0.3, 0.4) is 0 Å². The molecule has 4 rings (SSSR count). The van der Waals surface area contributed by atoms with Crippen LogP contribution in [0.2, 0.25) is 0 Å². The van der Waals surface area contributed by atoms with Gasteiger partial charge in [0.15, 0.2) is 10.8 Å². The first kappa shape index (κ1) is 13.8. The number of H-pyrrole nitrogens is 1. The van der Waals surface area contributed by atoms with Gasteiger partial charge in [-0.3, -0.25) is 5.10 Å². The highest BCUT2D eigenvalue weighted by molar-refractivity contribution is 7.99. The Morgan fingerprint density at radius 1 is 1.09 bits per heavy atom. The van der Waals surface area contributed by atoms with Crippen LogP contribution in [0.4, 0.5) is 4.39 Å². The molecule has 1 N–H and O–H groups in total. The fourth-order valence-corrected chi connectivity index (χ4v) is 2.92. The molecule has 3 aromatic heterocycles. The Morgan fingerprint density at radius 3 is 2.83 bits per heavy atom. The normalized spacial score (nSPS) is 11.2. The average Bonchev–Trinajstić information content (AvgIpc) is 3.20. The van der Waals surface area contributed by atoms with Crippen molar-refractivity contribution in [2.24, 2.45) is 0 Å². The number of rotatable bonds is 4. The van der Waals surface area contributed by atoms with Crippen molar-refractivity contribution in [2.75, 3.05) is 0 Å². The molecule has 3 heterocycles. The molecule has 0 aliphatic heterocycles. The number of hydrogen-bond donors (Lipinski definition) is 1. The molecule has 114 valence electrons. The number of imidazole rings is 1. The Labute approximate surface area is 134 Å². The third-order valence-corrected chi connectivity index (χ3v) is 4.13. The summed E-state index contributed by atoms with van der Waals surface area (Å²) in [5.74, 6) is -0.250. The smallest absolute Gasteiger partial charge is 0.189 e. The highest BCUT2D eigenvalue weighted by atomic mass is 32.2. The van der Waals surface area contributed by atoms with Gasteiger partial charge in [0.05, 0.1) is 12.9 Å². The molecular weight excluding hydrogens is 317 g/mol. The maximum absolute atomic E-state index is 13.8. The van der Waals surface area contributed by atoms with Gasteiger partial charge in [-0.15, -0.1) is 0 Å². The van der Waals surface area contributed by atoms with Crippen LogP contribution in [0.25, 0.3) is 11.2 Å². The van der Waals surface area contributed by atoms with Crippen LogP contribution in [-0.2, 0) is 6.54 Å². The quantitative estimate of drug-likeness (QED) is 0.579. The maximum atomic E-state index is 13.8. The summed E-state index contributed by atoms with van der Waals surface area (Å²) in [5, 5.41) is 7.85. The second kappa shape index (κ2) is 5.76. The van der Waals surface area contributed by atoms with E-state index in [1.807, 2.05) is 0 Å². The van der Waals surface area contributed by atoms with Crippen molar-refractivity contribution in [3.8, 4) is 0 Å². The molecule has 4 aromatic rings. The Hall–Kier alpha value is -2.81. The predicted octanol–water partition coefficient (Wildman–Crippen LogP) is 2.28. The van der Waals surface area contributed by atoms with Crippen molar-refractivity contribution in [3.63, 3.8) is 0 Å². The molecule has 0 saturated heterocycles. The van der Waals surface area contributed by atoms with Crippen molar-refractivity contribution >= 4 is 22.9 Å². The fraction of sp³-hybridized carbons (Fsp3) is 0.0714. The molecule has 0 amide bonds. The fourth-order valence-electron chi connectivity index (χ4n) is 2.19. The lowest BCUT2D eigenvalue weighted by molar-refractivity contribution is 0.601. The molecule has 9 heteroatoms. The molecule has 7 nitrogen and oxygen atoms in total. The van der Waals surface area contributed by atoms with E-state index in [1.165, 1.54) is 30.5 Å². The first-order valence-corrected chi connectivity index (χ1v) is 7.55. The largest absolute Gasteiger partial charge is 0.311 e. The zero-order chi connectivity index (χ0) is 15.6. The minimum absolute atomic E-state index is 0.250. The van der Waals surface area contributed by atoms with Crippen LogP contribution >= 0.6 is 11.8 Å². The molecular formula is C14H10FN7S. The Morgan fingerprint density at radius 2 is 2.00 bits per heavy atom. The number of fused-ring (bicyclic) bond motifs is 1. The molecule has 0 unspecified atom stereocenters. The van der Waals surface area contributed by atoms with E-state index in [4.69, 9.17) is 0 Å². The minimum Gasteiger partial charge on any atom is -0.311 e. The van der Waals surface area contributed by atoms with Crippen LogP contribution < -0.4 is 0 Å². The van der Waals surface area contributed by atoms with E-state index in [9.17, 15) is 4.39 Å². The lowest BCUT2D eigenvalue weighted by Crippen LogP contribution is -2.01. The van der Waals surface area contributed by atoms with Gasteiger partial charge in [-0.05, 0) is 17.8 Å². The predicted molar refractivity (Wildman–Crippen MR) is 81.3 cm³/mol. The molecule has 0 aliphatic rings. The lowest BCUT2D eigenvalue weighted by Gasteiger charge is -2.05. The third-order valence-electron chi connectivity index (χ3n) is 3.25. The summed E-state index contributed by atoms with van der Waals surface area (Å²) in [5.41, 5.74) is 1.87. The van der Waals surface area contributed by atoms with Crippen molar-refractivity contribution in [2.45, 2.75) is 16.7 Å². The molecule has 0 fully saturated rings. The van der Waals surface area contributed by atoms with E-state index in [0.717, 1.165) is 0 Å². The molecule has 23 heavy (non-hydrogen) atoms. The van der Waals surface area contributed by atoms with Gasteiger partial charge in [0, 0.05) is 5.56 Å². The van der Waals surface area contributed by atoms with Crippen molar-refractivity contribution < 1.29 is 4.39 Å². The number of aromatic nitrogens is 7. The molecule has 0 bridgehead atoms. The van der Waals surface area contributed by atoms with Crippen molar-refractivity contribution in [3.05, 3.63) is 54.6 Å². The van der Waals surface area contributed by atoms with Crippen molar-refractivity contribution in [1.29, 1.82) is 0 Å². The number of halogens is 1. The Kier molecular flexibility index (Phi) is 3.46. The summed E-state index contributed by atoms with van der Waals surface area (Å²) in [6, 6.07) is 6.65. The average molecular weight is 327 g/mol. The van der Waals surface area contributed by atoms with E-state index in [0.29, 0.717) is 33.5 Å². The van der Waals surface area contributed by atoms with Gasteiger partial charge < -0.3 is 4.57 Å². The van der Waals surface area contributed by atoms with E-state index in [2.05, 4.69) is 30.1 Å². The van der Waals surface area contributed by atoms with Gasteiger partial charge in [-0.1, -0.05) is 18.2 Å². The Balaban J connectivity index is 1.71. The van der Waals surface area contributed by atoms with Crippen LogP contribution in [0.5, 0.6) is 0 Å². The monoisotopic (exact) mass is 327 g/mol.